The van der Waals surface area contributed by atoms with Crippen LogP contribution in [0.1, 0.15) is 33.5 Å². The average Bonchev–Trinajstić information content (AvgIpc) is 2.75. The minimum Gasteiger partial charge on any atom is -0.494 e. The molecule has 0 spiro atoms. The largest absolute Gasteiger partial charge is 0.494 e. The van der Waals surface area contributed by atoms with Crippen molar-refractivity contribution in [3.8, 4) is 5.75 Å². The number of rotatable bonds is 4. The number of benzene rings is 1. The summed E-state index contributed by atoms with van der Waals surface area (Å²) in [6.45, 7) is 9.96. The fraction of sp³-hybridized carbons (Fsp3) is 0.562. The first kappa shape index (κ1) is 15.2. The van der Waals surface area contributed by atoms with E-state index in [-0.39, 0.29) is 5.41 Å². The second kappa shape index (κ2) is 5.65. The fourth-order valence-corrected chi connectivity index (χ4v) is 2.39. The van der Waals surface area contributed by atoms with Crippen molar-refractivity contribution in [2.75, 3.05) is 7.11 Å². The molecule has 20 heavy (non-hydrogen) atoms. The molecule has 0 amide bonds. The van der Waals surface area contributed by atoms with Crippen molar-refractivity contribution in [3.05, 3.63) is 24.0 Å². The Labute approximate surface area is 125 Å². The first-order valence-electron chi connectivity index (χ1n) is 6.96. The van der Waals surface area contributed by atoms with Gasteiger partial charge in [0.25, 0.3) is 0 Å². The lowest BCUT2D eigenvalue weighted by Crippen LogP contribution is -2.23. The van der Waals surface area contributed by atoms with Gasteiger partial charge in [-0.05, 0) is 23.5 Å². The Morgan fingerprint density at radius 3 is 2.60 bits per heavy atom. The summed E-state index contributed by atoms with van der Waals surface area (Å²) in [4.78, 5) is 4.64. The lowest BCUT2D eigenvalue weighted by molar-refractivity contribution is 0.233. The van der Waals surface area contributed by atoms with Crippen LogP contribution >= 0.6 is 11.6 Å². The third kappa shape index (κ3) is 2.78. The van der Waals surface area contributed by atoms with E-state index in [0.29, 0.717) is 11.8 Å². The Kier molecular flexibility index (Phi) is 4.28. The van der Waals surface area contributed by atoms with Gasteiger partial charge in [0.15, 0.2) is 0 Å². The van der Waals surface area contributed by atoms with Crippen molar-refractivity contribution in [1.82, 2.24) is 9.55 Å². The molecule has 0 radical (unpaired) electrons. The molecule has 0 aliphatic heterocycles. The minimum atomic E-state index is 0.249. The summed E-state index contributed by atoms with van der Waals surface area (Å²) in [5.41, 5.74) is 2.24. The molecule has 1 aromatic carbocycles. The molecule has 0 aliphatic rings. The zero-order chi connectivity index (χ0) is 14.9. The predicted octanol–water partition coefficient (Wildman–Crippen LogP) is 4.47. The monoisotopic (exact) mass is 294 g/mol. The van der Waals surface area contributed by atoms with Gasteiger partial charge in [0.05, 0.1) is 18.5 Å². The van der Waals surface area contributed by atoms with Crippen molar-refractivity contribution >= 4 is 22.6 Å². The van der Waals surface area contributed by atoms with E-state index in [1.54, 1.807) is 7.11 Å². The van der Waals surface area contributed by atoms with Gasteiger partial charge in [-0.25, -0.2) is 4.98 Å². The third-order valence-electron chi connectivity index (χ3n) is 4.10. The summed E-state index contributed by atoms with van der Waals surface area (Å²) in [6.07, 6.45) is 0. The highest BCUT2D eigenvalue weighted by Gasteiger charge is 2.23. The van der Waals surface area contributed by atoms with Crippen molar-refractivity contribution in [3.63, 3.8) is 0 Å². The zero-order valence-electron chi connectivity index (χ0n) is 12.9. The van der Waals surface area contributed by atoms with E-state index in [4.69, 9.17) is 16.3 Å². The number of nitrogens with zero attached hydrogens (tertiary/aromatic N) is 2. The average molecular weight is 295 g/mol. The molecule has 0 N–H and O–H groups in total. The summed E-state index contributed by atoms with van der Waals surface area (Å²) in [5.74, 6) is 2.64. The first-order chi connectivity index (χ1) is 9.38. The smallest absolute Gasteiger partial charge is 0.146 e. The van der Waals surface area contributed by atoms with Gasteiger partial charge < -0.3 is 9.30 Å². The highest BCUT2D eigenvalue weighted by Crippen LogP contribution is 2.31. The quantitative estimate of drug-likeness (QED) is 0.778. The third-order valence-corrected chi connectivity index (χ3v) is 4.33. The molecular formula is C16H23ClN2O. The number of imidazole rings is 1. The molecule has 1 heterocycles. The maximum Gasteiger partial charge on any atom is 0.146 e. The molecule has 1 atom stereocenters. The van der Waals surface area contributed by atoms with Crippen molar-refractivity contribution < 1.29 is 4.74 Å². The molecule has 1 aromatic heterocycles. The van der Waals surface area contributed by atoms with Crippen molar-refractivity contribution in [2.45, 2.75) is 40.1 Å². The summed E-state index contributed by atoms with van der Waals surface area (Å²) in [6, 6.07) is 6.01. The number of fused-ring (bicyclic) bond motifs is 1. The second-order valence-electron chi connectivity index (χ2n) is 6.37. The number of hydrogen-bond acceptors (Lipinski definition) is 2. The highest BCUT2D eigenvalue weighted by molar-refractivity contribution is 6.16. The van der Waals surface area contributed by atoms with Crippen LogP contribution in [0.15, 0.2) is 18.2 Å². The Hall–Kier alpha value is -1.22. The van der Waals surface area contributed by atoms with E-state index in [0.717, 1.165) is 29.2 Å². The summed E-state index contributed by atoms with van der Waals surface area (Å²) < 4.78 is 7.62. The summed E-state index contributed by atoms with van der Waals surface area (Å²) in [5, 5.41) is 0. The van der Waals surface area contributed by atoms with E-state index in [1.165, 1.54) is 0 Å². The van der Waals surface area contributed by atoms with Crippen LogP contribution in [0.3, 0.4) is 0 Å². The van der Waals surface area contributed by atoms with Crippen LogP contribution in [0.25, 0.3) is 11.0 Å². The van der Waals surface area contributed by atoms with Crippen LogP contribution in [0.2, 0.25) is 0 Å². The second-order valence-corrected chi connectivity index (χ2v) is 6.63. The Morgan fingerprint density at radius 2 is 2.05 bits per heavy atom. The van der Waals surface area contributed by atoms with Crippen molar-refractivity contribution in [2.24, 2.45) is 11.3 Å². The number of ether oxygens (including phenoxy) is 1. The van der Waals surface area contributed by atoms with Gasteiger partial charge in [-0.2, -0.15) is 0 Å². The molecular weight excluding hydrogens is 272 g/mol. The van der Waals surface area contributed by atoms with Gasteiger partial charge >= 0.3 is 0 Å². The number of methoxy groups -OCH3 is 1. The fourth-order valence-electron chi connectivity index (χ4n) is 2.19. The molecule has 0 saturated carbocycles. The standard InChI is InChI=1S/C16H23ClN2O/c1-11(16(2,3)4)10-19-12-7-6-8-13(20-5)15(12)18-14(19)9-17/h6-8,11H,9-10H2,1-5H3. The maximum absolute atomic E-state index is 6.07. The van der Waals surface area contributed by atoms with Gasteiger partial charge in [0, 0.05) is 6.54 Å². The molecule has 0 bridgehead atoms. The Morgan fingerprint density at radius 1 is 1.35 bits per heavy atom. The molecule has 2 rings (SSSR count). The van der Waals surface area contributed by atoms with E-state index < -0.39 is 0 Å². The lowest BCUT2D eigenvalue weighted by Gasteiger charge is -2.28. The number of alkyl halides is 1. The lowest BCUT2D eigenvalue weighted by atomic mass is 9.82. The van der Waals surface area contributed by atoms with E-state index in [1.807, 2.05) is 12.1 Å². The van der Waals surface area contributed by atoms with Crippen LogP contribution < -0.4 is 4.74 Å². The van der Waals surface area contributed by atoms with Crippen LogP contribution in [0, 0.1) is 11.3 Å². The normalized spacial score (nSPS) is 13.7. The van der Waals surface area contributed by atoms with Gasteiger partial charge in [-0.15, -0.1) is 11.6 Å². The van der Waals surface area contributed by atoms with Crippen LogP contribution in [-0.2, 0) is 12.4 Å². The molecule has 1 unspecified atom stereocenters. The molecule has 3 nitrogen and oxygen atoms in total. The molecule has 0 fully saturated rings. The van der Waals surface area contributed by atoms with Gasteiger partial charge in [0.1, 0.15) is 17.1 Å². The maximum atomic E-state index is 6.07. The van der Waals surface area contributed by atoms with E-state index in [2.05, 4.69) is 43.3 Å². The van der Waals surface area contributed by atoms with Gasteiger partial charge in [-0.3, -0.25) is 0 Å². The highest BCUT2D eigenvalue weighted by atomic mass is 35.5. The van der Waals surface area contributed by atoms with Gasteiger partial charge in [-0.1, -0.05) is 33.8 Å². The first-order valence-corrected chi connectivity index (χ1v) is 7.50. The van der Waals surface area contributed by atoms with Crippen molar-refractivity contribution in [1.29, 1.82) is 0 Å². The number of hydrogen-bond donors (Lipinski definition) is 0. The molecule has 4 heteroatoms. The summed E-state index contributed by atoms with van der Waals surface area (Å²) in [7, 11) is 1.67. The molecule has 0 aliphatic carbocycles. The zero-order valence-corrected chi connectivity index (χ0v) is 13.7. The molecule has 0 saturated heterocycles. The number of aromatic nitrogens is 2. The van der Waals surface area contributed by atoms with Crippen LogP contribution in [0.4, 0.5) is 0 Å². The van der Waals surface area contributed by atoms with Crippen LogP contribution in [-0.4, -0.2) is 16.7 Å². The molecule has 2 aromatic rings. The number of halogens is 1. The van der Waals surface area contributed by atoms with Gasteiger partial charge in [0.2, 0.25) is 0 Å². The predicted molar refractivity (Wildman–Crippen MR) is 84.5 cm³/mol. The van der Waals surface area contributed by atoms with E-state index >= 15 is 0 Å². The minimum absolute atomic E-state index is 0.249. The Balaban J connectivity index is 2.51. The SMILES string of the molecule is COc1cccc2c1nc(CCl)n2CC(C)C(C)(C)C. The van der Waals surface area contributed by atoms with Crippen LogP contribution in [0.5, 0.6) is 5.75 Å². The Bertz CT molecular complexity index is 598. The molecule has 110 valence electrons. The van der Waals surface area contributed by atoms with E-state index in [9.17, 15) is 0 Å². The number of para-hydroxylation sites is 1. The summed E-state index contributed by atoms with van der Waals surface area (Å²) >= 11 is 6.07. The topological polar surface area (TPSA) is 27.1 Å².